The van der Waals surface area contributed by atoms with Gasteiger partial charge in [-0.2, -0.15) is 23.4 Å². The van der Waals surface area contributed by atoms with Gasteiger partial charge in [-0.1, -0.05) is 36.4 Å². The molecule has 0 radical (unpaired) electrons. The van der Waals surface area contributed by atoms with Crippen molar-refractivity contribution in [1.82, 2.24) is 14.5 Å². The summed E-state index contributed by atoms with van der Waals surface area (Å²) >= 11 is 0. The first-order valence-corrected chi connectivity index (χ1v) is 16.0. The minimum atomic E-state index is -4.89. The number of anilines is 2. The highest BCUT2D eigenvalue weighted by molar-refractivity contribution is 7.85. The largest absolute Gasteiger partial charge is 0.453 e. The molecule has 3 N–H and O–H groups in total. The molecule has 4 atom stereocenters. The summed E-state index contributed by atoms with van der Waals surface area (Å²) in [5.74, 6) is -3.52. The number of nitrogens with one attached hydrogen (secondary N) is 3. The Morgan fingerprint density at radius 1 is 0.872 bits per heavy atom. The molecule has 4 heterocycles. The summed E-state index contributed by atoms with van der Waals surface area (Å²) in [5.41, 5.74) is 0.206. The highest BCUT2D eigenvalue weighted by Crippen LogP contribution is 2.53. The predicted molar refractivity (Wildman–Crippen MR) is 162 cm³/mol. The Kier molecular flexibility index (Phi) is 7.20. The zero-order chi connectivity index (χ0) is 33.1. The molecule has 3 aromatic rings. The Morgan fingerprint density at radius 3 is 2.23 bits per heavy atom. The number of halogens is 2. The van der Waals surface area contributed by atoms with E-state index >= 15 is 0 Å². The molecule has 7 rings (SSSR count). The average molecular weight is 670 g/mol. The summed E-state index contributed by atoms with van der Waals surface area (Å²) in [4.78, 5) is 28.3. The molecule has 17 heteroatoms. The molecule has 4 aliphatic heterocycles. The van der Waals surface area contributed by atoms with Gasteiger partial charge in [-0.15, -0.1) is 0 Å². The van der Waals surface area contributed by atoms with Crippen molar-refractivity contribution in [2.24, 2.45) is 10.2 Å². The first kappa shape index (κ1) is 30.6. The van der Waals surface area contributed by atoms with Crippen molar-refractivity contribution in [3.8, 4) is 5.75 Å². The molecule has 0 aromatic heterocycles. The molecule has 2 unspecified atom stereocenters. The molecule has 2 saturated heterocycles. The maximum Gasteiger partial charge on any atom is 0.411 e. The second-order valence-electron chi connectivity index (χ2n) is 11.5. The normalized spacial score (nSPS) is 25.4. The fourth-order valence-electron chi connectivity index (χ4n) is 7.03. The summed E-state index contributed by atoms with van der Waals surface area (Å²) in [6.45, 7) is 0.426. The van der Waals surface area contributed by atoms with E-state index in [9.17, 15) is 26.8 Å². The number of hydrogen-bond acceptors (Lipinski definition) is 11. The van der Waals surface area contributed by atoms with Crippen LogP contribution in [0.1, 0.15) is 24.0 Å². The van der Waals surface area contributed by atoms with Crippen LogP contribution >= 0.6 is 0 Å². The van der Waals surface area contributed by atoms with Crippen molar-refractivity contribution < 1.29 is 40.4 Å². The first-order valence-electron chi connectivity index (χ1n) is 14.6. The lowest BCUT2D eigenvalue weighted by molar-refractivity contribution is 0.116. The Morgan fingerprint density at radius 2 is 1.51 bits per heavy atom. The Bertz CT molecular complexity index is 1910. The summed E-state index contributed by atoms with van der Waals surface area (Å²) in [7, 11) is -2.38. The number of carbonyl (C=O) groups excluding carboxylic acids is 2. The van der Waals surface area contributed by atoms with Gasteiger partial charge >= 0.3 is 22.5 Å². The first-order chi connectivity index (χ1) is 22.5. The second kappa shape index (κ2) is 11.0. The fraction of sp³-hybridized carbons (Fsp3) is 0.333. The lowest BCUT2D eigenvalue weighted by atomic mass is 9.89. The number of benzene rings is 3. The Hall–Kier alpha value is -5.03. The van der Waals surface area contributed by atoms with Gasteiger partial charge in [-0.3, -0.25) is 9.80 Å². The van der Waals surface area contributed by atoms with Crippen LogP contribution in [-0.2, 0) is 30.9 Å². The molecule has 0 spiro atoms. The molecule has 3 aromatic carbocycles. The van der Waals surface area contributed by atoms with Gasteiger partial charge in [-0.25, -0.2) is 18.4 Å². The van der Waals surface area contributed by atoms with E-state index in [1.807, 2.05) is 24.3 Å². The van der Waals surface area contributed by atoms with Crippen LogP contribution in [0.2, 0.25) is 0 Å². The van der Waals surface area contributed by atoms with E-state index in [1.54, 1.807) is 23.1 Å². The van der Waals surface area contributed by atoms with Crippen molar-refractivity contribution in [3.05, 3.63) is 83.4 Å². The zero-order valence-corrected chi connectivity index (χ0v) is 25.9. The molecule has 2 fully saturated rings. The predicted octanol–water partition coefficient (Wildman–Crippen LogP) is 4.50. The SMILES string of the molecule is COC(=O)N1CC[C@]2(N=Nc3cccc4c3NC3N(C(=O)OC)CC[C@@]43NS(=O)(=O)Oc3c(F)cccc3F)c3ccccc3NC12. The van der Waals surface area contributed by atoms with Gasteiger partial charge in [0.15, 0.2) is 11.6 Å². The van der Waals surface area contributed by atoms with Crippen LogP contribution in [0, 0.1) is 11.6 Å². The van der Waals surface area contributed by atoms with Gasteiger partial charge in [0.05, 0.1) is 19.9 Å². The quantitative estimate of drug-likeness (QED) is 0.321. The van der Waals surface area contributed by atoms with Crippen molar-refractivity contribution in [2.45, 2.75) is 36.3 Å². The third-order valence-electron chi connectivity index (χ3n) is 9.09. The van der Waals surface area contributed by atoms with E-state index in [-0.39, 0.29) is 13.0 Å². The second-order valence-corrected chi connectivity index (χ2v) is 12.7. The van der Waals surface area contributed by atoms with Gasteiger partial charge in [0.1, 0.15) is 29.1 Å². The van der Waals surface area contributed by atoms with Crippen LogP contribution < -0.4 is 19.5 Å². The van der Waals surface area contributed by atoms with E-state index in [0.717, 1.165) is 29.4 Å². The average Bonchev–Trinajstić information content (AvgIpc) is 3.77. The molecule has 0 bridgehead atoms. The molecule has 14 nitrogen and oxygen atoms in total. The Balaban J connectivity index is 1.28. The van der Waals surface area contributed by atoms with Crippen LogP contribution in [0.4, 0.5) is 35.4 Å². The smallest absolute Gasteiger partial charge is 0.411 e. The maximum atomic E-state index is 14.4. The zero-order valence-electron chi connectivity index (χ0n) is 25.1. The Labute approximate surface area is 267 Å². The molecular weight excluding hydrogens is 640 g/mol. The number of ether oxygens (including phenoxy) is 2. The van der Waals surface area contributed by atoms with E-state index < -0.39 is 63.3 Å². The molecule has 4 aliphatic rings. The van der Waals surface area contributed by atoms with Gasteiger partial charge in [-0.05, 0) is 30.7 Å². The summed E-state index contributed by atoms with van der Waals surface area (Å²) in [6, 6.07) is 15.3. The van der Waals surface area contributed by atoms with Crippen LogP contribution in [0.15, 0.2) is 70.9 Å². The van der Waals surface area contributed by atoms with Crippen LogP contribution in [0.5, 0.6) is 5.75 Å². The van der Waals surface area contributed by atoms with Crippen molar-refractivity contribution in [2.75, 3.05) is 37.9 Å². The van der Waals surface area contributed by atoms with E-state index in [2.05, 4.69) is 20.5 Å². The third kappa shape index (κ3) is 4.71. The van der Waals surface area contributed by atoms with Gasteiger partial charge in [0.2, 0.25) is 5.75 Å². The third-order valence-corrected chi connectivity index (χ3v) is 10.1. The van der Waals surface area contributed by atoms with E-state index in [4.69, 9.17) is 18.8 Å². The summed E-state index contributed by atoms with van der Waals surface area (Å²) < 4.78 is 72.8. The number of methoxy groups -OCH3 is 2. The number of rotatable bonds is 6. The molecular formula is C30H29F2N7O7S. The van der Waals surface area contributed by atoms with Crippen LogP contribution in [0.25, 0.3) is 0 Å². The van der Waals surface area contributed by atoms with Gasteiger partial charge in [0.25, 0.3) is 0 Å². The topological polar surface area (TPSA) is 163 Å². The number of nitrogens with zero attached hydrogens (tertiary/aromatic N) is 4. The highest BCUT2D eigenvalue weighted by atomic mass is 32.2. The maximum absolute atomic E-state index is 14.4. The number of likely N-dealkylation sites (tertiary alicyclic amines) is 2. The number of carbonyl (C=O) groups is 2. The molecule has 0 aliphatic carbocycles. The number of azo groups is 1. The lowest BCUT2D eigenvalue weighted by Gasteiger charge is -2.32. The van der Waals surface area contributed by atoms with Crippen LogP contribution in [0.3, 0.4) is 0 Å². The minimum absolute atomic E-state index is 0.0487. The van der Waals surface area contributed by atoms with Crippen LogP contribution in [-0.4, -0.2) is 70.0 Å². The monoisotopic (exact) mass is 669 g/mol. The number of hydrogen-bond donors (Lipinski definition) is 3. The van der Waals surface area contributed by atoms with Crippen molar-refractivity contribution >= 4 is 39.6 Å². The minimum Gasteiger partial charge on any atom is -0.453 e. The van der Waals surface area contributed by atoms with E-state index in [0.29, 0.717) is 29.9 Å². The summed E-state index contributed by atoms with van der Waals surface area (Å²) in [5, 5.41) is 16.1. The van der Waals surface area contributed by atoms with E-state index in [1.165, 1.54) is 19.1 Å². The van der Waals surface area contributed by atoms with Gasteiger partial charge < -0.3 is 24.3 Å². The highest BCUT2D eigenvalue weighted by Gasteiger charge is 2.59. The standard InChI is InChI=1S/C30H29F2N7O7S/c1-44-27(40)38-15-13-29(17-7-3-4-11-21(17)33-25(29)38)36-35-22-12-5-8-18-23(22)34-26-30(18,14-16-39(26)28(41)45-2)37-47(42,43)46-24-19(31)9-6-10-20(24)32/h3-12,25-26,33-34,37H,13-16H2,1-2H3/t25?,26?,29-,30+/m0/s1. The number of amides is 2. The fourth-order valence-corrected chi connectivity index (χ4v) is 8.22. The number of para-hydroxylation sites is 3. The lowest BCUT2D eigenvalue weighted by Crippen LogP contribution is -2.55. The summed E-state index contributed by atoms with van der Waals surface area (Å²) in [6.07, 6.45) is -2.38. The molecule has 0 saturated carbocycles. The van der Waals surface area contributed by atoms with Gasteiger partial charge in [0, 0.05) is 36.3 Å². The molecule has 47 heavy (non-hydrogen) atoms. The number of fused-ring (bicyclic) bond motifs is 6. The van der Waals surface area contributed by atoms with Crippen molar-refractivity contribution in [1.29, 1.82) is 0 Å². The van der Waals surface area contributed by atoms with Crippen molar-refractivity contribution in [3.63, 3.8) is 0 Å². The molecule has 2 amide bonds. The molecule has 246 valence electrons.